The molecule has 1 rings (SSSR count). The fraction of sp³-hybridized carbons (Fsp3) is 0.533. The summed E-state index contributed by atoms with van der Waals surface area (Å²) in [6, 6.07) is 6.54. The first-order valence-electron chi connectivity index (χ1n) is 7.03. The number of hydrogen-bond acceptors (Lipinski definition) is 2. The molecule has 0 unspecified atom stereocenters. The van der Waals surface area contributed by atoms with Crippen LogP contribution in [0.5, 0.6) is 0 Å². The Hall–Kier alpha value is -0.890. The first-order chi connectivity index (χ1) is 9.76. The van der Waals surface area contributed by atoms with Gasteiger partial charge in [-0.3, -0.25) is 4.99 Å². The monoisotopic (exact) mass is 409 g/mol. The molecule has 0 saturated heterocycles. The van der Waals surface area contributed by atoms with Crippen molar-refractivity contribution >= 4 is 29.9 Å². The maximum atomic E-state index is 13.0. The molecule has 0 aliphatic rings. The van der Waals surface area contributed by atoms with Crippen molar-refractivity contribution in [2.45, 2.75) is 26.3 Å². The van der Waals surface area contributed by atoms with E-state index in [4.69, 9.17) is 4.74 Å². The smallest absolute Gasteiger partial charge is 0.191 e. The molecule has 21 heavy (non-hydrogen) atoms. The number of nitrogens with zero attached hydrogens (tertiary/aromatic N) is 1. The minimum atomic E-state index is -0.219. The van der Waals surface area contributed by atoms with E-state index in [2.05, 4.69) is 15.6 Å². The molecule has 0 heterocycles. The Morgan fingerprint density at radius 2 is 2.10 bits per heavy atom. The molecule has 0 aliphatic carbocycles. The van der Waals surface area contributed by atoms with Gasteiger partial charge in [0.1, 0.15) is 5.82 Å². The predicted octanol–water partition coefficient (Wildman–Crippen LogP) is 2.93. The molecule has 1 aromatic carbocycles. The summed E-state index contributed by atoms with van der Waals surface area (Å²) in [5, 5.41) is 6.38. The summed E-state index contributed by atoms with van der Waals surface area (Å²) < 4.78 is 18.3. The zero-order chi connectivity index (χ0) is 14.6. The molecule has 0 radical (unpaired) electrons. The standard InChI is InChI=1S/C15H24FN3O.HI/c1-3-20-10-5-4-9-18-15(17-2)19-12-13-7-6-8-14(16)11-13;/h6-8,11H,3-5,9-10,12H2,1-2H3,(H2,17,18,19);1H. The molecule has 4 nitrogen and oxygen atoms in total. The number of ether oxygens (including phenoxy) is 1. The van der Waals surface area contributed by atoms with Crippen LogP contribution in [-0.2, 0) is 11.3 Å². The molecule has 0 saturated carbocycles. The van der Waals surface area contributed by atoms with E-state index in [0.29, 0.717) is 6.54 Å². The van der Waals surface area contributed by atoms with Crippen LogP contribution >= 0.6 is 24.0 Å². The van der Waals surface area contributed by atoms with Crippen molar-refractivity contribution in [1.82, 2.24) is 10.6 Å². The molecule has 1 aromatic rings. The first kappa shape index (κ1) is 20.1. The molecular weight excluding hydrogens is 384 g/mol. The van der Waals surface area contributed by atoms with Crippen LogP contribution in [0.1, 0.15) is 25.3 Å². The van der Waals surface area contributed by atoms with Crippen LogP contribution in [0.4, 0.5) is 4.39 Å². The molecule has 0 fully saturated rings. The van der Waals surface area contributed by atoms with E-state index in [-0.39, 0.29) is 29.8 Å². The van der Waals surface area contributed by atoms with Gasteiger partial charge in [0.15, 0.2) is 5.96 Å². The number of halogens is 2. The van der Waals surface area contributed by atoms with Gasteiger partial charge >= 0.3 is 0 Å². The quantitative estimate of drug-likeness (QED) is 0.301. The highest BCUT2D eigenvalue weighted by molar-refractivity contribution is 14.0. The molecule has 2 N–H and O–H groups in total. The maximum absolute atomic E-state index is 13.0. The minimum Gasteiger partial charge on any atom is -0.382 e. The Bertz CT molecular complexity index is 416. The van der Waals surface area contributed by atoms with Crippen molar-refractivity contribution < 1.29 is 9.13 Å². The van der Waals surface area contributed by atoms with E-state index in [1.54, 1.807) is 13.1 Å². The maximum Gasteiger partial charge on any atom is 0.191 e. The first-order valence-corrected chi connectivity index (χ1v) is 7.03. The second kappa shape index (κ2) is 12.8. The summed E-state index contributed by atoms with van der Waals surface area (Å²) in [4.78, 5) is 4.13. The van der Waals surface area contributed by atoms with E-state index in [9.17, 15) is 4.39 Å². The van der Waals surface area contributed by atoms with Crippen molar-refractivity contribution in [3.63, 3.8) is 0 Å². The van der Waals surface area contributed by atoms with Crippen LogP contribution in [0, 0.1) is 5.82 Å². The highest BCUT2D eigenvalue weighted by Gasteiger charge is 1.99. The summed E-state index contributed by atoms with van der Waals surface area (Å²) in [5.74, 6) is 0.508. The van der Waals surface area contributed by atoms with Crippen LogP contribution in [0.15, 0.2) is 29.3 Å². The van der Waals surface area contributed by atoms with Gasteiger partial charge in [-0.15, -0.1) is 24.0 Å². The SMILES string of the molecule is CCOCCCCNC(=NC)NCc1cccc(F)c1.I. The second-order valence-corrected chi connectivity index (χ2v) is 4.39. The van der Waals surface area contributed by atoms with Crippen molar-refractivity contribution in [2.75, 3.05) is 26.8 Å². The molecule has 0 spiro atoms. The van der Waals surface area contributed by atoms with Crippen LogP contribution in [0.2, 0.25) is 0 Å². The van der Waals surface area contributed by atoms with Crippen molar-refractivity contribution in [3.05, 3.63) is 35.6 Å². The van der Waals surface area contributed by atoms with Gasteiger partial charge in [0.25, 0.3) is 0 Å². The third-order valence-corrected chi connectivity index (χ3v) is 2.78. The van der Waals surface area contributed by atoms with E-state index in [0.717, 1.165) is 44.1 Å². The van der Waals surface area contributed by atoms with Gasteiger partial charge in [-0.25, -0.2) is 4.39 Å². The van der Waals surface area contributed by atoms with Gasteiger partial charge in [0, 0.05) is 33.4 Å². The molecular formula is C15H25FIN3O. The van der Waals surface area contributed by atoms with Gasteiger partial charge in [0.2, 0.25) is 0 Å². The Morgan fingerprint density at radius 3 is 2.76 bits per heavy atom. The molecule has 0 amide bonds. The van der Waals surface area contributed by atoms with Crippen molar-refractivity contribution in [3.8, 4) is 0 Å². The van der Waals surface area contributed by atoms with Crippen LogP contribution in [0.3, 0.4) is 0 Å². The summed E-state index contributed by atoms with van der Waals surface area (Å²) in [6.45, 7) is 4.96. The number of rotatable bonds is 8. The topological polar surface area (TPSA) is 45.6 Å². The number of aliphatic imine (C=N–C) groups is 1. The molecule has 120 valence electrons. The highest BCUT2D eigenvalue weighted by atomic mass is 127. The van der Waals surface area contributed by atoms with Gasteiger partial charge in [-0.2, -0.15) is 0 Å². The number of unbranched alkanes of at least 4 members (excludes halogenated alkanes) is 1. The van der Waals surface area contributed by atoms with Crippen LogP contribution < -0.4 is 10.6 Å². The third-order valence-electron chi connectivity index (χ3n) is 2.78. The molecule has 0 bridgehead atoms. The number of guanidine groups is 1. The second-order valence-electron chi connectivity index (χ2n) is 4.39. The lowest BCUT2D eigenvalue weighted by Gasteiger charge is -2.12. The average Bonchev–Trinajstić information content (AvgIpc) is 2.46. The molecule has 6 heteroatoms. The summed E-state index contributed by atoms with van der Waals surface area (Å²) in [7, 11) is 1.72. The molecule has 0 aromatic heterocycles. The van der Waals surface area contributed by atoms with Gasteiger partial charge in [-0.05, 0) is 37.5 Å². The fourth-order valence-corrected chi connectivity index (χ4v) is 1.73. The Kier molecular flexibility index (Phi) is 12.3. The molecule has 0 atom stereocenters. The normalized spacial score (nSPS) is 10.9. The average molecular weight is 409 g/mol. The Morgan fingerprint density at radius 1 is 1.29 bits per heavy atom. The van der Waals surface area contributed by atoms with E-state index in [1.807, 2.05) is 13.0 Å². The largest absolute Gasteiger partial charge is 0.382 e. The predicted molar refractivity (Wildman–Crippen MR) is 95.7 cm³/mol. The van der Waals surface area contributed by atoms with Gasteiger partial charge < -0.3 is 15.4 Å². The fourth-order valence-electron chi connectivity index (χ4n) is 1.73. The number of hydrogen-bond donors (Lipinski definition) is 2. The van der Waals surface area contributed by atoms with Gasteiger partial charge in [0.05, 0.1) is 0 Å². The van der Waals surface area contributed by atoms with Crippen LogP contribution in [-0.4, -0.2) is 32.8 Å². The lowest BCUT2D eigenvalue weighted by Crippen LogP contribution is -2.37. The summed E-state index contributed by atoms with van der Waals surface area (Å²) >= 11 is 0. The Labute approximate surface area is 143 Å². The summed E-state index contributed by atoms with van der Waals surface area (Å²) in [6.07, 6.45) is 2.06. The third kappa shape index (κ3) is 9.62. The zero-order valence-electron chi connectivity index (χ0n) is 12.7. The van der Waals surface area contributed by atoms with Crippen molar-refractivity contribution in [2.24, 2.45) is 4.99 Å². The minimum absolute atomic E-state index is 0. The van der Waals surface area contributed by atoms with E-state index in [1.165, 1.54) is 12.1 Å². The highest BCUT2D eigenvalue weighted by Crippen LogP contribution is 2.02. The van der Waals surface area contributed by atoms with Crippen molar-refractivity contribution in [1.29, 1.82) is 0 Å². The van der Waals surface area contributed by atoms with E-state index >= 15 is 0 Å². The molecule has 0 aliphatic heterocycles. The van der Waals surface area contributed by atoms with E-state index < -0.39 is 0 Å². The number of benzene rings is 1. The number of nitrogens with one attached hydrogen (secondary N) is 2. The Balaban J connectivity index is 0.00000400. The lowest BCUT2D eigenvalue weighted by atomic mass is 10.2. The summed E-state index contributed by atoms with van der Waals surface area (Å²) in [5.41, 5.74) is 0.893. The van der Waals surface area contributed by atoms with Gasteiger partial charge in [-0.1, -0.05) is 12.1 Å². The van der Waals surface area contributed by atoms with Crippen LogP contribution in [0.25, 0.3) is 0 Å². The zero-order valence-corrected chi connectivity index (χ0v) is 15.0. The lowest BCUT2D eigenvalue weighted by molar-refractivity contribution is 0.143.